The molecule has 2 rings (SSSR count). The monoisotopic (exact) mass is 213 g/mol. The normalized spacial score (nSPS) is 10.7. The van der Waals surface area contributed by atoms with Gasteiger partial charge in [-0.25, -0.2) is 0 Å². The molecule has 0 fully saturated rings. The summed E-state index contributed by atoms with van der Waals surface area (Å²) in [5, 5.41) is 8.55. The van der Waals surface area contributed by atoms with Gasteiger partial charge in [-0.1, -0.05) is 0 Å². The average molecular weight is 213 g/mol. The number of nitrogen functional groups attached to an aromatic ring is 1. The molecule has 0 aliphatic carbocycles. The quantitative estimate of drug-likeness (QED) is 0.564. The fourth-order valence-electron chi connectivity index (χ4n) is 1.84. The minimum atomic E-state index is 0.0961. The highest BCUT2D eigenvalue weighted by molar-refractivity contribution is 6.07. The molecule has 0 saturated heterocycles. The number of pyridine rings is 1. The Morgan fingerprint density at radius 1 is 1.12 bits per heavy atom. The molecule has 0 aliphatic rings. The van der Waals surface area contributed by atoms with Crippen molar-refractivity contribution in [2.24, 2.45) is 5.73 Å². The van der Waals surface area contributed by atoms with E-state index in [4.69, 9.17) is 11.1 Å². The van der Waals surface area contributed by atoms with Crippen LogP contribution in [0.1, 0.15) is 22.4 Å². The molecule has 0 aliphatic heterocycles. The van der Waals surface area contributed by atoms with Crippen LogP contribution in [-0.4, -0.2) is 10.8 Å². The first-order chi connectivity index (χ1) is 7.49. The zero-order chi connectivity index (χ0) is 11.9. The first kappa shape index (κ1) is 10.6. The lowest BCUT2D eigenvalue weighted by molar-refractivity contribution is 1.23. The number of benzene rings is 1. The summed E-state index contributed by atoms with van der Waals surface area (Å²) in [6, 6.07) is 5.96. The van der Waals surface area contributed by atoms with Gasteiger partial charge in [-0.3, -0.25) is 10.4 Å². The number of nitrogens with zero attached hydrogens (tertiary/aromatic N) is 1. The Bertz CT molecular complexity index is 585. The van der Waals surface area contributed by atoms with Crippen LogP contribution in [0.2, 0.25) is 0 Å². The van der Waals surface area contributed by atoms with E-state index in [-0.39, 0.29) is 5.84 Å². The van der Waals surface area contributed by atoms with Crippen LogP contribution in [-0.2, 0) is 0 Å². The largest absolute Gasteiger partial charge is 0.384 e. The number of aryl methyl sites for hydroxylation is 3. The molecule has 0 amide bonds. The third kappa shape index (κ3) is 1.65. The van der Waals surface area contributed by atoms with Gasteiger partial charge in [0.1, 0.15) is 5.84 Å². The predicted octanol–water partition coefficient (Wildman–Crippen LogP) is 2.44. The number of hydrogen-bond acceptors (Lipinski definition) is 2. The number of nitrogens with two attached hydrogens (primary N) is 1. The molecule has 0 spiro atoms. The second-order valence-electron chi connectivity index (χ2n) is 4.18. The lowest BCUT2D eigenvalue weighted by atomic mass is 10.0. The number of aromatic nitrogens is 1. The van der Waals surface area contributed by atoms with Gasteiger partial charge in [0, 0.05) is 16.6 Å². The Morgan fingerprint density at radius 2 is 1.75 bits per heavy atom. The Kier molecular flexibility index (Phi) is 2.38. The summed E-state index contributed by atoms with van der Waals surface area (Å²) < 4.78 is 0. The lowest BCUT2D eigenvalue weighted by Gasteiger charge is -2.09. The number of hydrogen-bond donors (Lipinski definition) is 2. The molecule has 1 aromatic heterocycles. The molecule has 82 valence electrons. The number of fused-ring (bicyclic) bond motifs is 1. The third-order valence-electron chi connectivity index (χ3n) is 2.84. The van der Waals surface area contributed by atoms with Gasteiger partial charge in [0.25, 0.3) is 0 Å². The van der Waals surface area contributed by atoms with E-state index < -0.39 is 0 Å². The van der Waals surface area contributed by atoms with Crippen LogP contribution in [0.4, 0.5) is 0 Å². The van der Waals surface area contributed by atoms with Crippen LogP contribution in [0.3, 0.4) is 0 Å². The van der Waals surface area contributed by atoms with Gasteiger partial charge in [-0.05, 0) is 50.1 Å². The van der Waals surface area contributed by atoms with Crippen molar-refractivity contribution in [3.63, 3.8) is 0 Å². The SMILES string of the molecule is Cc1cc(C(=N)N)c2cc(C)c(C)cc2n1. The van der Waals surface area contributed by atoms with E-state index in [1.165, 1.54) is 11.1 Å². The minimum absolute atomic E-state index is 0.0961. The summed E-state index contributed by atoms with van der Waals surface area (Å²) in [6.07, 6.45) is 0. The van der Waals surface area contributed by atoms with Crippen molar-refractivity contribution in [1.82, 2.24) is 4.98 Å². The Hall–Kier alpha value is -1.90. The van der Waals surface area contributed by atoms with Gasteiger partial charge >= 0.3 is 0 Å². The standard InChI is InChI=1S/C13H15N3/c1-7-4-10-11(13(14)15)6-9(3)16-12(10)5-8(7)2/h4-6H,1-3H3,(H3,14,15). The lowest BCUT2D eigenvalue weighted by Crippen LogP contribution is -2.12. The predicted molar refractivity (Wildman–Crippen MR) is 67.0 cm³/mol. The fourth-order valence-corrected chi connectivity index (χ4v) is 1.84. The van der Waals surface area contributed by atoms with Crippen molar-refractivity contribution in [3.8, 4) is 0 Å². The van der Waals surface area contributed by atoms with E-state index in [1.54, 1.807) is 0 Å². The Morgan fingerprint density at radius 3 is 2.38 bits per heavy atom. The van der Waals surface area contributed by atoms with Crippen molar-refractivity contribution in [2.75, 3.05) is 0 Å². The van der Waals surface area contributed by atoms with E-state index in [9.17, 15) is 0 Å². The maximum absolute atomic E-state index is 7.59. The molecule has 16 heavy (non-hydrogen) atoms. The first-order valence-corrected chi connectivity index (χ1v) is 5.22. The van der Waals surface area contributed by atoms with Crippen molar-refractivity contribution in [2.45, 2.75) is 20.8 Å². The van der Waals surface area contributed by atoms with E-state index in [1.807, 2.05) is 25.1 Å². The fraction of sp³-hybridized carbons (Fsp3) is 0.231. The molecule has 1 aromatic carbocycles. The maximum atomic E-state index is 7.59. The molecule has 3 N–H and O–H groups in total. The zero-order valence-corrected chi connectivity index (χ0v) is 9.76. The molecular weight excluding hydrogens is 198 g/mol. The summed E-state index contributed by atoms with van der Waals surface area (Å²) in [5.74, 6) is 0.0961. The van der Waals surface area contributed by atoms with Crippen LogP contribution >= 0.6 is 0 Å². The summed E-state index contributed by atoms with van der Waals surface area (Å²) in [4.78, 5) is 4.47. The van der Waals surface area contributed by atoms with E-state index in [0.29, 0.717) is 0 Å². The average Bonchev–Trinajstić information content (AvgIpc) is 2.19. The molecule has 0 unspecified atom stereocenters. The highest BCUT2D eigenvalue weighted by Crippen LogP contribution is 2.22. The number of nitrogens with one attached hydrogen (secondary N) is 1. The molecule has 1 heterocycles. The third-order valence-corrected chi connectivity index (χ3v) is 2.84. The molecule has 0 saturated carbocycles. The summed E-state index contributed by atoms with van der Waals surface area (Å²) in [7, 11) is 0. The van der Waals surface area contributed by atoms with Crippen molar-refractivity contribution in [3.05, 3.63) is 40.6 Å². The number of amidine groups is 1. The van der Waals surface area contributed by atoms with Crippen LogP contribution < -0.4 is 5.73 Å². The smallest absolute Gasteiger partial charge is 0.123 e. The maximum Gasteiger partial charge on any atom is 0.123 e. The highest BCUT2D eigenvalue weighted by atomic mass is 14.7. The van der Waals surface area contributed by atoms with Crippen LogP contribution in [0, 0.1) is 26.2 Å². The summed E-state index contributed by atoms with van der Waals surface area (Å²) in [6.45, 7) is 6.03. The molecule has 3 heteroatoms. The van der Waals surface area contributed by atoms with Crippen molar-refractivity contribution < 1.29 is 0 Å². The molecule has 2 aromatic rings. The summed E-state index contributed by atoms with van der Waals surface area (Å²) >= 11 is 0. The van der Waals surface area contributed by atoms with Gasteiger partial charge in [0.2, 0.25) is 0 Å². The topological polar surface area (TPSA) is 62.8 Å². The molecule has 3 nitrogen and oxygen atoms in total. The van der Waals surface area contributed by atoms with Gasteiger partial charge in [0.05, 0.1) is 5.52 Å². The molecule has 0 radical (unpaired) electrons. The van der Waals surface area contributed by atoms with Gasteiger partial charge < -0.3 is 5.73 Å². The number of rotatable bonds is 1. The van der Waals surface area contributed by atoms with Crippen LogP contribution in [0.25, 0.3) is 10.9 Å². The second kappa shape index (κ2) is 3.59. The molecule has 0 bridgehead atoms. The van der Waals surface area contributed by atoms with Crippen LogP contribution in [0.5, 0.6) is 0 Å². The minimum Gasteiger partial charge on any atom is -0.384 e. The van der Waals surface area contributed by atoms with Crippen LogP contribution in [0.15, 0.2) is 18.2 Å². The van der Waals surface area contributed by atoms with E-state index in [2.05, 4.69) is 18.8 Å². The van der Waals surface area contributed by atoms with Crippen molar-refractivity contribution >= 4 is 16.7 Å². The van der Waals surface area contributed by atoms with Gasteiger partial charge in [-0.15, -0.1) is 0 Å². The molecule has 0 atom stereocenters. The molecular formula is C13H15N3. The van der Waals surface area contributed by atoms with Crippen molar-refractivity contribution in [1.29, 1.82) is 5.41 Å². The first-order valence-electron chi connectivity index (χ1n) is 5.22. The van der Waals surface area contributed by atoms with Gasteiger partial charge in [-0.2, -0.15) is 0 Å². The highest BCUT2D eigenvalue weighted by Gasteiger charge is 2.07. The Labute approximate surface area is 94.8 Å². The van der Waals surface area contributed by atoms with E-state index in [0.717, 1.165) is 22.2 Å². The summed E-state index contributed by atoms with van der Waals surface area (Å²) in [5.41, 5.74) is 10.6. The zero-order valence-electron chi connectivity index (χ0n) is 9.76. The van der Waals surface area contributed by atoms with Gasteiger partial charge in [0.15, 0.2) is 0 Å². The second-order valence-corrected chi connectivity index (χ2v) is 4.18. The van der Waals surface area contributed by atoms with E-state index >= 15 is 0 Å². The Balaban J connectivity index is 2.90.